The molecule has 2 aromatic rings. The number of ether oxygens (including phenoxy) is 1. The van der Waals surface area contributed by atoms with Gasteiger partial charge in [-0.15, -0.1) is 0 Å². The Balaban J connectivity index is 1.92. The zero-order valence-electron chi connectivity index (χ0n) is 14.3. The molecule has 1 aliphatic rings. The number of carbonyl (C=O) groups excluding carboxylic acids is 2. The van der Waals surface area contributed by atoms with Crippen LogP contribution in [0.25, 0.3) is 0 Å². The van der Waals surface area contributed by atoms with Gasteiger partial charge in [-0.1, -0.05) is 24.3 Å². The topological polar surface area (TPSA) is 89.8 Å². The second kappa shape index (κ2) is 7.35. The highest BCUT2D eigenvalue weighted by molar-refractivity contribution is 5.99. The number of amides is 1. The lowest BCUT2D eigenvalue weighted by Crippen LogP contribution is -2.37. The Kier molecular flexibility index (Phi) is 4.97. The molecule has 0 atom stereocenters. The molecule has 1 aliphatic heterocycles. The maximum absolute atomic E-state index is 12.8. The summed E-state index contributed by atoms with van der Waals surface area (Å²) in [5.41, 5.74) is 2.21. The molecule has 7 nitrogen and oxygen atoms in total. The summed E-state index contributed by atoms with van der Waals surface area (Å²) in [6, 6.07) is 11.4. The van der Waals surface area contributed by atoms with Crippen molar-refractivity contribution in [3.63, 3.8) is 0 Å². The maximum Gasteiger partial charge on any atom is 0.338 e. The van der Waals surface area contributed by atoms with Crippen LogP contribution >= 0.6 is 0 Å². The number of anilines is 1. The molecule has 0 bridgehead atoms. The number of esters is 1. The molecule has 1 heterocycles. The summed E-state index contributed by atoms with van der Waals surface area (Å²) in [7, 11) is 1.32. The van der Waals surface area contributed by atoms with E-state index in [1.54, 1.807) is 41.3 Å². The number of nitrogens with zero attached hydrogens (tertiary/aromatic N) is 2. The van der Waals surface area contributed by atoms with Crippen molar-refractivity contribution < 1.29 is 19.2 Å². The summed E-state index contributed by atoms with van der Waals surface area (Å²) in [4.78, 5) is 37.1. The number of carbonyl (C=O) groups is 2. The fraction of sp³-hybridized carbons (Fsp3) is 0.263. The minimum absolute atomic E-state index is 0.0682. The molecule has 2 aromatic carbocycles. The number of hydrogen-bond donors (Lipinski definition) is 0. The third-order valence-corrected chi connectivity index (χ3v) is 4.49. The lowest BCUT2D eigenvalue weighted by molar-refractivity contribution is -0.385. The quantitative estimate of drug-likeness (QED) is 0.478. The van der Waals surface area contributed by atoms with Crippen LogP contribution in [0.2, 0.25) is 0 Å². The van der Waals surface area contributed by atoms with E-state index in [9.17, 15) is 19.7 Å². The number of benzene rings is 2. The fourth-order valence-electron chi connectivity index (χ4n) is 3.28. The number of fused-ring (bicyclic) bond motifs is 1. The highest BCUT2D eigenvalue weighted by Gasteiger charge is 2.27. The van der Waals surface area contributed by atoms with Crippen LogP contribution < -0.4 is 4.90 Å². The molecule has 0 aliphatic carbocycles. The summed E-state index contributed by atoms with van der Waals surface area (Å²) < 4.78 is 4.82. The Labute approximate surface area is 150 Å². The third-order valence-electron chi connectivity index (χ3n) is 4.49. The van der Waals surface area contributed by atoms with Gasteiger partial charge in [-0.3, -0.25) is 14.9 Å². The molecule has 7 heteroatoms. The largest absolute Gasteiger partial charge is 0.465 e. The number of para-hydroxylation sites is 1. The zero-order valence-corrected chi connectivity index (χ0v) is 14.3. The highest BCUT2D eigenvalue weighted by Crippen LogP contribution is 2.31. The summed E-state index contributed by atoms with van der Waals surface area (Å²) in [5, 5.41) is 11.2. The Morgan fingerprint density at radius 3 is 2.69 bits per heavy atom. The van der Waals surface area contributed by atoms with Gasteiger partial charge < -0.3 is 9.64 Å². The van der Waals surface area contributed by atoms with Crippen LogP contribution in [-0.2, 0) is 22.4 Å². The van der Waals surface area contributed by atoms with Gasteiger partial charge in [-0.2, -0.15) is 0 Å². The van der Waals surface area contributed by atoms with E-state index in [0.717, 1.165) is 5.56 Å². The van der Waals surface area contributed by atoms with Gasteiger partial charge in [-0.05, 0) is 30.5 Å². The van der Waals surface area contributed by atoms with Crippen molar-refractivity contribution in [2.75, 3.05) is 18.6 Å². The number of nitro benzene ring substituents is 1. The molecule has 0 saturated heterocycles. The molecule has 26 heavy (non-hydrogen) atoms. The van der Waals surface area contributed by atoms with E-state index in [1.165, 1.54) is 13.2 Å². The van der Waals surface area contributed by atoms with Gasteiger partial charge in [0.05, 0.1) is 24.0 Å². The van der Waals surface area contributed by atoms with E-state index >= 15 is 0 Å². The van der Waals surface area contributed by atoms with E-state index in [4.69, 9.17) is 4.74 Å². The van der Waals surface area contributed by atoms with Gasteiger partial charge in [0, 0.05) is 23.9 Å². The summed E-state index contributed by atoms with van der Waals surface area (Å²) >= 11 is 0. The molecule has 1 amide bonds. The standard InChI is InChI=1S/C19H18N2O5/c1-26-19(23)15-7-4-10-17-14(15)8-5-11-20(17)18(22)12-13-6-2-3-9-16(13)21(24)25/h2-4,6-7,9-10H,5,8,11-12H2,1H3. The first kappa shape index (κ1) is 17.6. The van der Waals surface area contributed by atoms with Crippen molar-refractivity contribution in [1.29, 1.82) is 0 Å². The predicted molar refractivity (Wildman–Crippen MR) is 95.3 cm³/mol. The van der Waals surface area contributed by atoms with Crippen LogP contribution in [0.1, 0.15) is 27.9 Å². The average Bonchev–Trinajstić information content (AvgIpc) is 2.66. The summed E-state index contributed by atoms with van der Waals surface area (Å²) in [6.07, 6.45) is 1.32. The molecule has 0 radical (unpaired) electrons. The van der Waals surface area contributed by atoms with Crippen molar-refractivity contribution >= 4 is 23.3 Å². The van der Waals surface area contributed by atoms with Gasteiger partial charge in [0.15, 0.2) is 0 Å². The Morgan fingerprint density at radius 2 is 1.96 bits per heavy atom. The van der Waals surface area contributed by atoms with Crippen LogP contribution in [0, 0.1) is 10.1 Å². The molecule has 0 aromatic heterocycles. The van der Waals surface area contributed by atoms with Crippen molar-refractivity contribution in [2.24, 2.45) is 0 Å². The fourth-order valence-corrected chi connectivity index (χ4v) is 3.28. The van der Waals surface area contributed by atoms with E-state index in [0.29, 0.717) is 36.2 Å². The molecular weight excluding hydrogens is 336 g/mol. The van der Waals surface area contributed by atoms with Crippen LogP contribution in [0.15, 0.2) is 42.5 Å². The predicted octanol–water partition coefficient (Wildman–Crippen LogP) is 2.90. The monoisotopic (exact) mass is 354 g/mol. The molecule has 0 fully saturated rings. The van der Waals surface area contributed by atoms with Crippen molar-refractivity contribution in [3.05, 3.63) is 69.3 Å². The Bertz CT molecular complexity index is 878. The lowest BCUT2D eigenvalue weighted by atomic mass is 9.95. The van der Waals surface area contributed by atoms with Gasteiger partial charge in [0.2, 0.25) is 5.91 Å². The van der Waals surface area contributed by atoms with E-state index in [2.05, 4.69) is 0 Å². The van der Waals surface area contributed by atoms with E-state index in [1.807, 2.05) is 0 Å². The first-order valence-electron chi connectivity index (χ1n) is 8.25. The Morgan fingerprint density at radius 1 is 1.19 bits per heavy atom. The number of hydrogen-bond acceptors (Lipinski definition) is 5. The first-order chi connectivity index (χ1) is 12.5. The second-order valence-electron chi connectivity index (χ2n) is 6.01. The maximum atomic E-state index is 12.8. The van der Waals surface area contributed by atoms with E-state index in [-0.39, 0.29) is 18.0 Å². The van der Waals surface area contributed by atoms with Crippen LogP contribution in [-0.4, -0.2) is 30.5 Å². The van der Waals surface area contributed by atoms with E-state index < -0.39 is 10.9 Å². The molecule has 0 N–H and O–H groups in total. The van der Waals surface area contributed by atoms with Gasteiger partial charge >= 0.3 is 5.97 Å². The van der Waals surface area contributed by atoms with Crippen molar-refractivity contribution in [3.8, 4) is 0 Å². The molecule has 3 rings (SSSR count). The number of rotatable bonds is 4. The van der Waals surface area contributed by atoms with Gasteiger partial charge in [0.25, 0.3) is 5.69 Å². The third kappa shape index (κ3) is 3.28. The van der Waals surface area contributed by atoms with Gasteiger partial charge in [0.1, 0.15) is 0 Å². The highest BCUT2D eigenvalue weighted by atomic mass is 16.6. The normalized spacial score (nSPS) is 13.0. The Hall–Kier alpha value is -3.22. The molecule has 134 valence electrons. The molecular formula is C19H18N2O5. The summed E-state index contributed by atoms with van der Waals surface area (Å²) in [6.45, 7) is 0.511. The minimum Gasteiger partial charge on any atom is -0.465 e. The lowest BCUT2D eigenvalue weighted by Gasteiger charge is -2.30. The number of nitro groups is 1. The summed E-state index contributed by atoms with van der Waals surface area (Å²) in [5.74, 6) is -0.669. The van der Waals surface area contributed by atoms with Crippen molar-refractivity contribution in [1.82, 2.24) is 0 Å². The zero-order chi connectivity index (χ0) is 18.7. The minimum atomic E-state index is -0.484. The molecule has 0 unspecified atom stereocenters. The number of methoxy groups -OCH3 is 1. The van der Waals surface area contributed by atoms with Crippen LogP contribution in [0.3, 0.4) is 0 Å². The molecule has 0 spiro atoms. The molecule has 0 saturated carbocycles. The SMILES string of the molecule is COC(=O)c1cccc2c1CCCN2C(=O)Cc1ccccc1[N+](=O)[O-]. The smallest absolute Gasteiger partial charge is 0.338 e. The second-order valence-corrected chi connectivity index (χ2v) is 6.01. The van der Waals surface area contributed by atoms with Gasteiger partial charge in [-0.25, -0.2) is 4.79 Å². The van der Waals surface area contributed by atoms with Crippen LogP contribution in [0.4, 0.5) is 11.4 Å². The average molecular weight is 354 g/mol. The van der Waals surface area contributed by atoms with Crippen LogP contribution in [0.5, 0.6) is 0 Å². The first-order valence-corrected chi connectivity index (χ1v) is 8.25. The van der Waals surface area contributed by atoms with Crippen molar-refractivity contribution in [2.45, 2.75) is 19.3 Å².